The Morgan fingerprint density at radius 1 is 1.24 bits per heavy atom. The number of nitrogens with one attached hydrogen (secondary N) is 1. The highest BCUT2D eigenvalue weighted by Crippen LogP contribution is 2.09. The molecule has 2 rings (SSSR count). The Morgan fingerprint density at radius 3 is 2.67 bits per heavy atom. The van der Waals surface area contributed by atoms with Crippen molar-refractivity contribution >= 4 is 34.1 Å². The largest absolute Gasteiger partial charge is 0.272 e. The molecule has 0 fully saturated rings. The highest BCUT2D eigenvalue weighted by Gasteiger charge is 2.03. The molecule has 1 heterocycles. The van der Waals surface area contributed by atoms with Crippen LogP contribution in [0.1, 0.15) is 21.6 Å². The van der Waals surface area contributed by atoms with Crippen LogP contribution in [0, 0.1) is 6.92 Å². The maximum Gasteiger partial charge on any atom is 0.272 e. The van der Waals surface area contributed by atoms with E-state index in [2.05, 4.69) is 31.4 Å². The van der Waals surface area contributed by atoms with Gasteiger partial charge < -0.3 is 0 Å². The lowest BCUT2D eigenvalue weighted by atomic mass is 10.2. The third-order valence-corrected chi connectivity index (χ3v) is 3.07. The van der Waals surface area contributed by atoms with Crippen molar-refractivity contribution in [3.05, 3.63) is 70.0 Å². The average molecular weight is 344 g/mol. The van der Waals surface area contributed by atoms with Gasteiger partial charge >= 0.3 is 0 Å². The van der Waals surface area contributed by atoms with Gasteiger partial charge in [-0.3, -0.25) is 9.78 Å². The van der Waals surface area contributed by atoms with Crippen molar-refractivity contribution in [2.24, 2.45) is 5.10 Å². The Labute approximate surface area is 131 Å². The predicted molar refractivity (Wildman–Crippen MR) is 88.3 cm³/mol. The molecule has 1 N–H and O–H groups in total. The molecule has 0 aliphatic heterocycles. The van der Waals surface area contributed by atoms with E-state index < -0.39 is 0 Å². The number of hydrazone groups is 1. The molecule has 0 saturated heterocycles. The molecule has 0 aliphatic carbocycles. The second-order valence-electron chi connectivity index (χ2n) is 4.33. The number of nitrogens with zero attached hydrogens (tertiary/aromatic N) is 2. The molecule has 5 heteroatoms. The van der Waals surface area contributed by atoms with Gasteiger partial charge in [0.15, 0.2) is 0 Å². The van der Waals surface area contributed by atoms with Gasteiger partial charge in [0.05, 0.1) is 11.8 Å². The fourth-order valence-corrected chi connectivity index (χ4v) is 1.93. The van der Waals surface area contributed by atoms with Crippen LogP contribution in [-0.4, -0.2) is 17.1 Å². The van der Waals surface area contributed by atoms with Gasteiger partial charge in [-0.05, 0) is 46.6 Å². The minimum Gasteiger partial charge on any atom is -0.267 e. The third-order valence-electron chi connectivity index (χ3n) is 2.63. The number of pyridine rings is 1. The predicted octanol–water partition coefficient (Wildman–Crippen LogP) is 3.54. The number of aryl methyl sites for hydroxylation is 1. The first-order chi connectivity index (χ1) is 10.1. The molecule has 0 aliphatic rings. The minimum absolute atomic E-state index is 0.293. The molecule has 2 aromatic rings. The summed E-state index contributed by atoms with van der Waals surface area (Å²) < 4.78 is 0.760. The lowest BCUT2D eigenvalue weighted by Crippen LogP contribution is -2.17. The average Bonchev–Trinajstić information content (AvgIpc) is 2.49. The molecular formula is C16H14BrN3O. The molecule has 1 amide bonds. The molecule has 0 spiro atoms. The number of amides is 1. The highest BCUT2D eigenvalue weighted by molar-refractivity contribution is 9.12. The first kappa shape index (κ1) is 15.1. The van der Waals surface area contributed by atoms with Crippen molar-refractivity contribution in [2.75, 3.05) is 0 Å². The smallest absolute Gasteiger partial charge is 0.267 e. The molecule has 1 aromatic carbocycles. The summed E-state index contributed by atoms with van der Waals surface area (Å²) in [6.45, 7) is 1.87. The first-order valence-corrected chi connectivity index (χ1v) is 7.13. The Kier molecular flexibility index (Phi) is 5.40. The summed E-state index contributed by atoms with van der Waals surface area (Å²) in [6, 6.07) is 13.3. The molecular weight excluding hydrogens is 330 g/mol. The van der Waals surface area contributed by atoms with Gasteiger partial charge in [-0.1, -0.05) is 30.3 Å². The van der Waals surface area contributed by atoms with Crippen LogP contribution in [0.4, 0.5) is 0 Å². The van der Waals surface area contributed by atoms with Crippen molar-refractivity contribution in [3.63, 3.8) is 0 Å². The number of hydrogen-bond acceptors (Lipinski definition) is 3. The number of allylic oxidation sites excluding steroid dienone is 1. The van der Waals surface area contributed by atoms with Gasteiger partial charge in [0.25, 0.3) is 5.91 Å². The van der Waals surface area contributed by atoms with Crippen LogP contribution in [-0.2, 0) is 0 Å². The Morgan fingerprint density at radius 2 is 2.00 bits per heavy atom. The van der Waals surface area contributed by atoms with E-state index in [-0.39, 0.29) is 5.91 Å². The van der Waals surface area contributed by atoms with Gasteiger partial charge in [-0.2, -0.15) is 5.10 Å². The summed E-state index contributed by atoms with van der Waals surface area (Å²) >= 11 is 3.38. The second-order valence-corrected chi connectivity index (χ2v) is 5.24. The van der Waals surface area contributed by atoms with Crippen LogP contribution in [0.15, 0.2) is 58.2 Å². The third kappa shape index (κ3) is 4.96. The molecule has 0 atom stereocenters. The number of carbonyl (C=O) groups is 1. The van der Waals surface area contributed by atoms with E-state index in [1.807, 2.05) is 43.3 Å². The van der Waals surface area contributed by atoms with Crippen molar-refractivity contribution in [2.45, 2.75) is 6.92 Å². The van der Waals surface area contributed by atoms with E-state index in [0.29, 0.717) is 5.56 Å². The molecule has 4 nitrogen and oxygen atoms in total. The SMILES string of the molecule is Cc1ccc(C(=O)N/N=C/C(Br)=C/c2ccccc2)cn1. The standard InChI is InChI=1S/C16H14BrN3O/c1-12-7-8-14(10-18-12)16(21)20-19-11-15(17)9-13-5-3-2-4-6-13/h2-11H,1H3,(H,20,21)/b15-9-,19-11+. The normalized spacial score (nSPS) is 11.6. The molecule has 0 saturated carbocycles. The summed E-state index contributed by atoms with van der Waals surface area (Å²) in [7, 11) is 0. The number of aromatic nitrogens is 1. The number of hydrogen-bond donors (Lipinski definition) is 1. The van der Waals surface area contributed by atoms with Gasteiger partial charge in [0.1, 0.15) is 0 Å². The molecule has 1 aromatic heterocycles. The van der Waals surface area contributed by atoms with Crippen molar-refractivity contribution in [1.82, 2.24) is 10.4 Å². The summed E-state index contributed by atoms with van der Waals surface area (Å²) in [5.41, 5.74) is 4.84. The molecule has 21 heavy (non-hydrogen) atoms. The van der Waals surface area contributed by atoms with Gasteiger partial charge in [-0.15, -0.1) is 0 Å². The van der Waals surface area contributed by atoms with E-state index in [1.54, 1.807) is 12.1 Å². The Hall–Kier alpha value is -2.27. The maximum atomic E-state index is 11.8. The van der Waals surface area contributed by atoms with Crippen LogP contribution in [0.25, 0.3) is 6.08 Å². The topological polar surface area (TPSA) is 54.4 Å². The number of rotatable bonds is 4. The lowest BCUT2D eigenvalue weighted by molar-refractivity contribution is 0.0955. The summed E-state index contributed by atoms with van der Waals surface area (Å²) in [4.78, 5) is 15.9. The van der Waals surface area contributed by atoms with Gasteiger partial charge in [0, 0.05) is 16.4 Å². The van der Waals surface area contributed by atoms with E-state index in [4.69, 9.17) is 0 Å². The van der Waals surface area contributed by atoms with Crippen LogP contribution >= 0.6 is 15.9 Å². The number of carbonyl (C=O) groups excluding carboxylic acids is 1. The lowest BCUT2D eigenvalue weighted by Gasteiger charge is -1.99. The van der Waals surface area contributed by atoms with Crippen molar-refractivity contribution in [1.29, 1.82) is 0 Å². The fraction of sp³-hybridized carbons (Fsp3) is 0.0625. The monoisotopic (exact) mass is 343 g/mol. The van der Waals surface area contributed by atoms with E-state index >= 15 is 0 Å². The van der Waals surface area contributed by atoms with Gasteiger partial charge in [0.2, 0.25) is 0 Å². The second kappa shape index (κ2) is 7.50. The molecule has 0 bridgehead atoms. The van der Waals surface area contributed by atoms with Crippen molar-refractivity contribution in [3.8, 4) is 0 Å². The van der Waals surface area contributed by atoms with Crippen LogP contribution in [0.5, 0.6) is 0 Å². The fourth-order valence-electron chi connectivity index (χ4n) is 1.56. The van der Waals surface area contributed by atoms with Gasteiger partial charge in [-0.25, -0.2) is 5.43 Å². The molecule has 0 radical (unpaired) electrons. The number of benzene rings is 1. The Bertz CT molecular complexity index is 664. The molecule has 0 unspecified atom stereocenters. The summed E-state index contributed by atoms with van der Waals surface area (Å²) in [6.07, 6.45) is 4.96. The number of halogens is 1. The summed E-state index contributed by atoms with van der Waals surface area (Å²) in [5, 5.41) is 3.90. The van der Waals surface area contributed by atoms with Crippen LogP contribution in [0.3, 0.4) is 0 Å². The van der Waals surface area contributed by atoms with Crippen LogP contribution < -0.4 is 5.43 Å². The van der Waals surface area contributed by atoms with E-state index in [9.17, 15) is 4.79 Å². The zero-order valence-corrected chi connectivity index (χ0v) is 13.0. The Balaban J connectivity index is 1.94. The maximum absolute atomic E-state index is 11.8. The van der Waals surface area contributed by atoms with E-state index in [0.717, 1.165) is 15.7 Å². The minimum atomic E-state index is -0.293. The summed E-state index contributed by atoms with van der Waals surface area (Å²) in [5.74, 6) is -0.293. The molecule has 106 valence electrons. The zero-order valence-electron chi connectivity index (χ0n) is 11.5. The zero-order chi connectivity index (χ0) is 15.1. The quantitative estimate of drug-likeness (QED) is 0.681. The highest BCUT2D eigenvalue weighted by atomic mass is 79.9. The first-order valence-electron chi connectivity index (χ1n) is 6.33. The van der Waals surface area contributed by atoms with E-state index in [1.165, 1.54) is 12.4 Å². The van der Waals surface area contributed by atoms with Crippen LogP contribution in [0.2, 0.25) is 0 Å². The van der Waals surface area contributed by atoms with Crippen molar-refractivity contribution < 1.29 is 4.79 Å².